The number of rotatable bonds is 8. The lowest BCUT2D eigenvalue weighted by Crippen LogP contribution is -2.47. The van der Waals surface area contributed by atoms with Gasteiger partial charge in [-0.3, -0.25) is 4.79 Å². The van der Waals surface area contributed by atoms with Crippen LogP contribution in [-0.4, -0.2) is 53.7 Å². The van der Waals surface area contributed by atoms with Crippen molar-refractivity contribution in [1.82, 2.24) is 20.2 Å². The number of aromatic nitrogens is 2. The molecule has 1 aromatic rings. The predicted molar refractivity (Wildman–Crippen MR) is 94.9 cm³/mol. The van der Waals surface area contributed by atoms with Crippen molar-refractivity contribution in [3.63, 3.8) is 0 Å². The first kappa shape index (κ1) is 21.3. The lowest BCUT2D eigenvalue weighted by molar-refractivity contribution is -0.389. The van der Waals surface area contributed by atoms with Gasteiger partial charge in [-0.1, -0.05) is 0 Å². The molecule has 2 heterocycles. The molecule has 142 valence electrons. The zero-order valence-electron chi connectivity index (χ0n) is 14.6. The smallest absolute Gasteiger partial charge is 0.381 e. The molecular formula is C15H26ClN5O4. The van der Waals surface area contributed by atoms with E-state index < -0.39 is 4.92 Å². The summed E-state index contributed by atoms with van der Waals surface area (Å²) in [6, 6.07) is 0. The van der Waals surface area contributed by atoms with Crippen LogP contribution in [0.5, 0.6) is 0 Å². The first-order chi connectivity index (χ1) is 11.5. The number of aryl methyl sites for hydroxylation is 2. The highest BCUT2D eigenvalue weighted by atomic mass is 35.5. The van der Waals surface area contributed by atoms with Gasteiger partial charge in [-0.2, -0.15) is 0 Å². The van der Waals surface area contributed by atoms with Crippen LogP contribution >= 0.6 is 12.4 Å². The van der Waals surface area contributed by atoms with Gasteiger partial charge in [-0.15, -0.1) is 12.4 Å². The third-order valence-electron chi connectivity index (χ3n) is 4.51. The van der Waals surface area contributed by atoms with Crippen molar-refractivity contribution in [2.24, 2.45) is 5.41 Å². The predicted octanol–water partition coefficient (Wildman–Crippen LogP) is 1.04. The number of carbonyl (C=O) groups excluding carboxylic acids is 1. The molecule has 1 amide bonds. The van der Waals surface area contributed by atoms with E-state index in [1.165, 1.54) is 6.20 Å². The van der Waals surface area contributed by atoms with E-state index in [0.717, 1.165) is 25.9 Å². The third kappa shape index (κ3) is 5.94. The fraction of sp³-hybridized carbons (Fsp3) is 0.733. The van der Waals surface area contributed by atoms with E-state index in [4.69, 9.17) is 4.74 Å². The molecule has 0 aliphatic carbocycles. The number of nitrogens with zero attached hydrogens (tertiary/aromatic N) is 3. The Kier molecular flexibility index (Phi) is 8.27. The molecule has 0 saturated carbocycles. The van der Waals surface area contributed by atoms with Crippen LogP contribution in [0.2, 0.25) is 0 Å². The van der Waals surface area contributed by atoms with Gasteiger partial charge in [0.25, 0.3) is 0 Å². The van der Waals surface area contributed by atoms with Crippen LogP contribution < -0.4 is 10.6 Å². The Morgan fingerprint density at radius 3 is 2.76 bits per heavy atom. The normalized spacial score (nSPS) is 16.1. The van der Waals surface area contributed by atoms with Crippen molar-refractivity contribution in [3.8, 4) is 0 Å². The van der Waals surface area contributed by atoms with Gasteiger partial charge < -0.3 is 30.1 Å². The molecule has 0 radical (unpaired) electrons. The van der Waals surface area contributed by atoms with Gasteiger partial charge in [0, 0.05) is 39.0 Å². The van der Waals surface area contributed by atoms with Crippen LogP contribution in [-0.2, 0) is 16.1 Å². The molecule has 1 aliphatic heterocycles. The summed E-state index contributed by atoms with van der Waals surface area (Å²) < 4.78 is 6.96. The van der Waals surface area contributed by atoms with Crippen molar-refractivity contribution in [3.05, 3.63) is 22.1 Å². The van der Waals surface area contributed by atoms with E-state index >= 15 is 0 Å². The highest BCUT2D eigenvalue weighted by Crippen LogP contribution is 2.28. The number of ether oxygens (including phenoxy) is 1. The monoisotopic (exact) mass is 375 g/mol. The maximum atomic E-state index is 12.1. The van der Waals surface area contributed by atoms with Gasteiger partial charge in [0.05, 0.1) is 6.61 Å². The minimum atomic E-state index is -0.533. The highest BCUT2D eigenvalue weighted by molar-refractivity contribution is 5.85. The maximum absolute atomic E-state index is 12.1. The van der Waals surface area contributed by atoms with E-state index in [0.29, 0.717) is 25.5 Å². The SMILES string of the molecule is COCC1(CNC(=O)CCn2cc([N+](=O)[O-])nc2C)CCNCC1.Cl. The number of halogens is 1. The van der Waals surface area contributed by atoms with Gasteiger partial charge in [-0.05, 0) is 35.8 Å². The van der Waals surface area contributed by atoms with Gasteiger partial charge in [-0.25, -0.2) is 0 Å². The number of hydrogen-bond donors (Lipinski definition) is 2. The summed E-state index contributed by atoms with van der Waals surface area (Å²) in [5.74, 6) is 0.269. The summed E-state index contributed by atoms with van der Waals surface area (Å²) in [4.78, 5) is 26.2. The quantitative estimate of drug-likeness (QED) is 0.518. The Balaban J connectivity index is 0.00000312. The molecule has 1 fully saturated rings. The molecule has 9 nitrogen and oxygen atoms in total. The third-order valence-corrected chi connectivity index (χ3v) is 4.51. The van der Waals surface area contributed by atoms with Crippen molar-refractivity contribution in [2.45, 2.75) is 32.7 Å². The number of nitro groups is 1. The van der Waals surface area contributed by atoms with Gasteiger partial charge >= 0.3 is 5.82 Å². The molecule has 0 spiro atoms. The number of amides is 1. The molecule has 0 aromatic carbocycles. The molecule has 1 aromatic heterocycles. The molecule has 0 unspecified atom stereocenters. The lowest BCUT2D eigenvalue weighted by Gasteiger charge is -2.37. The highest BCUT2D eigenvalue weighted by Gasteiger charge is 2.32. The summed E-state index contributed by atoms with van der Waals surface area (Å²) in [6.07, 6.45) is 3.55. The van der Waals surface area contributed by atoms with Crippen LogP contribution in [0.15, 0.2) is 6.20 Å². The van der Waals surface area contributed by atoms with Crippen molar-refractivity contribution in [2.75, 3.05) is 33.4 Å². The minimum Gasteiger partial charge on any atom is -0.384 e. The molecule has 2 N–H and O–H groups in total. The Hall–Kier alpha value is -1.71. The van der Waals surface area contributed by atoms with E-state index in [-0.39, 0.29) is 36.0 Å². The van der Waals surface area contributed by atoms with Crippen molar-refractivity contribution >= 4 is 24.1 Å². The van der Waals surface area contributed by atoms with E-state index in [9.17, 15) is 14.9 Å². The van der Waals surface area contributed by atoms with E-state index in [1.807, 2.05) is 0 Å². The van der Waals surface area contributed by atoms with Crippen LogP contribution in [0.1, 0.15) is 25.1 Å². The fourth-order valence-electron chi connectivity index (χ4n) is 3.04. The molecule has 10 heteroatoms. The number of piperidine rings is 1. The molecule has 0 atom stereocenters. The van der Waals surface area contributed by atoms with Crippen LogP contribution in [0.4, 0.5) is 5.82 Å². The molecule has 0 bridgehead atoms. The van der Waals surface area contributed by atoms with Gasteiger partial charge in [0.2, 0.25) is 11.7 Å². The molecule has 2 rings (SSSR count). The summed E-state index contributed by atoms with van der Waals surface area (Å²) in [6.45, 7) is 5.13. The second kappa shape index (κ2) is 9.69. The number of nitrogens with one attached hydrogen (secondary N) is 2. The number of methoxy groups -OCH3 is 1. The summed E-state index contributed by atoms with van der Waals surface area (Å²) in [5, 5.41) is 17.0. The van der Waals surface area contributed by atoms with Gasteiger partial charge in [0.1, 0.15) is 6.20 Å². The zero-order valence-corrected chi connectivity index (χ0v) is 15.4. The van der Waals surface area contributed by atoms with Crippen molar-refractivity contribution < 1.29 is 14.5 Å². The topological polar surface area (TPSA) is 111 Å². The van der Waals surface area contributed by atoms with Crippen LogP contribution in [0.3, 0.4) is 0 Å². The lowest BCUT2D eigenvalue weighted by atomic mass is 9.79. The summed E-state index contributed by atoms with van der Waals surface area (Å²) in [5.41, 5.74) is -0.0145. The average Bonchev–Trinajstić information content (AvgIpc) is 2.94. The fourth-order valence-corrected chi connectivity index (χ4v) is 3.04. The Labute approximate surface area is 153 Å². The Morgan fingerprint density at radius 2 is 2.20 bits per heavy atom. The second-order valence-electron chi connectivity index (χ2n) is 6.31. The van der Waals surface area contributed by atoms with Gasteiger partial charge in [0.15, 0.2) is 0 Å². The zero-order chi connectivity index (χ0) is 17.6. The standard InChI is InChI=1S/C15H25N5O4.ClH/c1-12-18-13(20(22)23)9-19(12)8-3-14(21)17-10-15(11-24-2)4-6-16-7-5-15;/h9,16H,3-8,10-11H2,1-2H3,(H,17,21);1H. The number of imidazole rings is 1. The number of carbonyl (C=O) groups is 1. The largest absolute Gasteiger partial charge is 0.384 e. The van der Waals surface area contributed by atoms with Crippen molar-refractivity contribution in [1.29, 1.82) is 0 Å². The molecule has 25 heavy (non-hydrogen) atoms. The summed E-state index contributed by atoms with van der Waals surface area (Å²) >= 11 is 0. The summed E-state index contributed by atoms with van der Waals surface area (Å²) in [7, 11) is 1.68. The Bertz CT molecular complexity index is 581. The maximum Gasteiger partial charge on any atom is 0.381 e. The molecular weight excluding hydrogens is 350 g/mol. The van der Waals surface area contributed by atoms with E-state index in [2.05, 4.69) is 15.6 Å². The Morgan fingerprint density at radius 1 is 1.52 bits per heavy atom. The first-order valence-electron chi connectivity index (χ1n) is 8.10. The minimum absolute atomic E-state index is 0. The van der Waals surface area contributed by atoms with Crippen LogP contribution in [0, 0.1) is 22.5 Å². The average molecular weight is 376 g/mol. The first-order valence-corrected chi connectivity index (χ1v) is 8.10. The number of hydrogen-bond acceptors (Lipinski definition) is 6. The van der Waals surface area contributed by atoms with Crippen LogP contribution in [0.25, 0.3) is 0 Å². The molecule has 1 saturated heterocycles. The van der Waals surface area contributed by atoms with E-state index in [1.54, 1.807) is 18.6 Å². The molecule has 1 aliphatic rings. The second-order valence-corrected chi connectivity index (χ2v) is 6.31.